The lowest BCUT2D eigenvalue weighted by molar-refractivity contribution is 0.0493. The van der Waals surface area contributed by atoms with Crippen molar-refractivity contribution in [2.75, 3.05) is 26.9 Å². The van der Waals surface area contributed by atoms with Crippen molar-refractivity contribution in [3.8, 4) is 5.75 Å². The SMILES string of the molecule is COc1cccc(C(CO)C2CCOCC2)c1. The molecule has 3 heteroatoms. The summed E-state index contributed by atoms with van der Waals surface area (Å²) in [6.07, 6.45) is 2.06. The maximum Gasteiger partial charge on any atom is 0.119 e. The molecule has 17 heavy (non-hydrogen) atoms. The molecule has 1 unspecified atom stereocenters. The third-order valence-electron chi connectivity index (χ3n) is 3.55. The molecular formula is C14H20O3. The molecule has 1 aromatic carbocycles. The van der Waals surface area contributed by atoms with Gasteiger partial charge >= 0.3 is 0 Å². The van der Waals surface area contributed by atoms with E-state index >= 15 is 0 Å². The summed E-state index contributed by atoms with van der Waals surface area (Å²) in [5.41, 5.74) is 1.17. The molecule has 0 aromatic heterocycles. The molecule has 1 N–H and O–H groups in total. The van der Waals surface area contributed by atoms with Crippen LogP contribution in [-0.4, -0.2) is 32.0 Å². The Balaban J connectivity index is 2.15. The molecule has 1 aliphatic rings. The smallest absolute Gasteiger partial charge is 0.119 e. The van der Waals surface area contributed by atoms with E-state index in [0.717, 1.165) is 31.8 Å². The number of hydrogen-bond donors (Lipinski definition) is 1. The van der Waals surface area contributed by atoms with Gasteiger partial charge in [0.15, 0.2) is 0 Å². The van der Waals surface area contributed by atoms with Gasteiger partial charge in [0.25, 0.3) is 0 Å². The standard InChI is InChI=1S/C14H20O3/c1-16-13-4-2-3-12(9-13)14(10-15)11-5-7-17-8-6-11/h2-4,9,11,14-15H,5-8,10H2,1H3. The van der Waals surface area contributed by atoms with Gasteiger partial charge in [0.05, 0.1) is 13.7 Å². The number of benzene rings is 1. The second-order valence-electron chi connectivity index (χ2n) is 4.52. The van der Waals surface area contributed by atoms with Crippen LogP contribution in [-0.2, 0) is 4.74 Å². The van der Waals surface area contributed by atoms with E-state index in [9.17, 15) is 5.11 Å². The first-order valence-electron chi connectivity index (χ1n) is 6.17. The van der Waals surface area contributed by atoms with E-state index in [1.165, 1.54) is 5.56 Å². The highest BCUT2D eigenvalue weighted by Crippen LogP contribution is 2.33. The zero-order chi connectivity index (χ0) is 12.1. The van der Waals surface area contributed by atoms with Crippen molar-refractivity contribution in [3.05, 3.63) is 29.8 Å². The second-order valence-corrected chi connectivity index (χ2v) is 4.52. The summed E-state index contributed by atoms with van der Waals surface area (Å²) in [4.78, 5) is 0. The number of aliphatic hydroxyl groups is 1. The van der Waals surface area contributed by atoms with Gasteiger partial charge in [-0.3, -0.25) is 0 Å². The Hall–Kier alpha value is -1.06. The molecule has 1 heterocycles. The van der Waals surface area contributed by atoms with Gasteiger partial charge in [0.2, 0.25) is 0 Å². The molecule has 1 saturated heterocycles. The molecule has 1 atom stereocenters. The fraction of sp³-hybridized carbons (Fsp3) is 0.571. The summed E-state index contributed by atoms with van der Waals surface area (Å²) < 4.78 is 10.6. The summed E-state index contributed by atoms with van der Waals surface area (Å²) in [5.74, 6) is 1.57. The van der Waals surface area contributed by atoms with Crippen LogP contribution < -0.4 is 4.74 Å². The van der Waals surface area contributed by atoms with Crippen LogP contribution in [0.25, 0.3) is 0 Å². The normalized spacial score (nSPS) is 18.9. The number of ether oxygens (including phenoxy) is 2. The first-order valence-corrected chi connectivity index (χ1v) is 6.17. The van der Waals surface area contributed by atoms with E-state index in [-0.39, 0.29) is 12.5 Å². The Labute approximate surface area is 102 Å². The minimum atomic E-state index is 0.192. The fourth-order valence-corrected chi connectivity index (χ4v) is 2.52. The molecule has 0 radical (unpaired) electrons. The third kappa shape index (κ3) is 2.99. The van der Waals surface area contributed by atoms with Crippen LogP contribution in [0.1, 0.15) is 24.3 Å². The van der Waals surface area contributed by atoms with Gasteiger partial charge in [-0.25, -0.2) is 0 Å². The molecular weight excluding hydrogens is 216 g/mol. The van der Waals surface area contributed by atoms with Gasteiger partial charge in [-0.05, 0) is 36.5 Å². The highest BCUT2D eigenvalue weighted by molar-refractivity contribution is 5.31. The Bertz CT molecular complexity index is 345. The zero-order valence-electron chi connectivity index (χ0n) is 10.3. The zero-order valence-corrected chi connectivity index (χ0v) is 10.3. The van der Waals surface area contributed by atoms with Crippen LogP contribution in [0.5, 0.6) is 5.75 Å². The monoisotopic (exact) mass is 236 g/mol. The summed E-state index contributed by atoms with van der Waals surface area (Å²) in [6.45, 7) is 1.81. The maximum atomic E-state index is 9.61. The summed E-state index contributed by atoms with van der Waals surface area (Å²) >= 11 is 0. The van der Waals surface area contributed by atoms with E-state index in [0.29, 0.717) is 5.92 Å². The lowest BCUT2D eigenvalue weighted by atomic mass is 9.82. The van der Waals surface area contributed by atoms with Crippen LogP contribution in [0.3, 0.4) is 0 Å². The molecule has 1 aromatic rings. The Kier molecular flexibility index (Phi) is 4.40. The van der Waals surface area contributed by atoms with Gasteiger partial charge in [0, 0.05) is 19.1 Å². The minimum absolute atomic E-state index is 0.192. The molecule has 0 saturated carbocycles. The predicted molar refractivity (Wildman–Crippen MR) is 66.4 cm³/mol. The Morgan fingerprint density at radius 1 is 1.41 bits per heavy atom. The molecule has 0 spiro atoms. The van der Waals surface area contributed by atoms with Gasteiger partial charge < -0.3 is 14.6 Å². The average molecular weight is 236 g/mol. The lowest BCUT2D eigenvalue weighted by Crippen LogP contribution is -2.24. The molecule has 3 nitrogen and oxygen atoms in total. The van der Waals surface area contributed by atoms with Crippen LogP contribution >= 0.6 is 0 Å². The summed E-state index contributed by atoms with van der Waals surface area (Å²) in [7, 11) is 1.67. The van der Waals surface area contributed by atoms with Crippen molar-refractivity contribution in [2.24, 2.45) is 5.92 Å². The molecule has 0 amide bonds. The molecule has 0 bridgehead atoms. The Morgan fingerprint density at radius 2 is 2.18 bits per heavy atom. The third-order valence-corrected chi connectivity index (χ3v) is 3.55. The quantitative estimate of drug-likeness (QED) is 0.871. The fourth-order valence-electron chi connectivity index (χ4n) is 2.52. The van der Waals surface area contributed by atoms with Crippen molar-refractivity contribution in [2.45, 2.75) is 18.8 Å². The summed E-state index contributed by atoms with van der Waals surface area (Å²) in [5, 5.41) is 9.61. The second kappa shape index (κ2) is 6.03. The summed E-state index contributed by atoms with van der Waals surface area (Å²) in [6, 6.07) is 8.01. The number of aliphatic hydroxyl groups excluding tert-OH is 1. The molecule has 1 aliphatic heterocycles. The molecule has 2 rings (SSSR count). The Morgan fingerprint density at radius 3 is 2.82 bits per heavy atom. The van der Waals surface area contributed by atoms with Gasteiger partial charge in [0.1, 0.15) is 5.75 Å². The van der Waals surface area contributed by atoms with E-state index in [1.807, 2.05) is 18.2 Å². The van der Waals surface area contributed by atoms with E-state index in [1.54, 1.807) is 7.11 Å². The highest BCUT2D eigenvalue weighted by atomic mass is 16.5. The van der Waals surface area contributed by atoms with Gasteiger partial charge in [-0.15, -0.1) is 0 Å². The van der Waals surface area contributed by atoms with Crippen molar-refractivity contribution in [1.82, 2.24) is 0 Å². The first kappa shape index (κ1) is 12.4. The molecule has 94 valence electrons. The van der Waals surface area contributed by atoms with E-state index < -0.39 is 0 Å². The highest BCUT2D eigenvalue weighted by Gasteiger charge is 2.25. The van der Waals surface area contributed by atoms with Crippen LogP contribution in [0, 0.1) is 5.92 Å². The van der Waals surface area contributed by atoms with Gasteiger partial charge in [-0.1, -0.05) is 12.1 Å². The van der Waals surface area contributed by atoms with Crippen molar-refractivity contribution >= 4 is 0 Å². The predicted octanol–water partition coefficient (Wildman–Crippen LogP) is 2.20. The number of hydrogen-bond acceptors (Lipinski definition) is 3. The molecule has 1 fully saturated rings. The van der Waals surface area contributed by atoms with Crippen molar-refractivity contribution < 1.29 is 14.6 Å². The van der Waals surface area contributed by atoms with E-state index in [4.69, 9.17) is 9.47 Å². The first-order chi connectivity index (χ1) is 8.35. The van der Waals surface area contributed by atoms with E-state index in [2.05, 4.69) is 6.07 Å². The topological polar surface area (TPSA) is 38.7 Å². The van der Waals surface area contributed by atoms with Crippen LogP contribution in [0.2, 0.25) is 0 Å². The van der Waals surface area contributed by atoms with Crippen LogP contribution in [0.15, 0.2) is 24.3 Å². The van der Waals surface area contributed by atoms with Crippen molar-refractivity contribution in [1.29, 1.82) is 0 Å². The largest absolute Gasteiger partial charge is 0.497 e. The van der Waals surface area contributed by atoms with Crippen molar-refractivity contribution in [3.63, 3.8) is 0 Å². The van der Waals surface area contributed by atoms with Gasteiger partial charge in [-0.2, -0.15) is 0 Å². The minimum Gasteiger partial charge on any atom is -0.497 e. The van der Waals surface area contributed by atoms with Crippen LogP contribution in [0.4, 0.5) is 0 Å². The number of rotatable bonds is 4. The molecule has 0 aliphatic carbocycles. The maximum absolute atomic E-state index is 9.61. The number of methoxy groups -OCH3 is 1. The average Bonchev–Trinajstić information content (AvgIpc) is 2.41. The lowest BCUT2D eigenvalue weighted by Gasteiger charge is -2.29.